The Hall–Kier alpha value is -2.14. The van der Waals surface area contributed by atoms with Gasteiger partial charge >= 0.3 is 6.18 Å². The lowest BCUT2D eigenvalue weighted by Gasteiger charge is -2.13. The predicted octanol–water partition coefficient (Wildman–Crippen LogP) is 3.15. The Balaban J connectivity index is 1.61. The molecular weight excluding hydrogens is 381 g/mol. The maximum atomic E-state index is 12.6. The number of hydrogen-bond acceptors (Lipinski definition) is 6. The highest BCUT2D eigenvalue weighted by molar-refractivity contribution is 7.71. The van der Waals surface area contributed by atoms with Gasteiger partial charge < -0.3 is 14.7 Å². The molecule has 0 aliphatic carbocycles. The number of aromatic amines is 1. The number of pyridine rings is 1. The monoisotopic (exact) mass is 392 g/mol. The molecule has 0 saturated heterocycles. The van der Waals surface area contributed by atoms with E-state index < -0.39 is 11.7 Å². The van der Waals surface area contributed by atoms with Crippen LogP contribution in [0.5, 0.6) is 0 Å². The fraction of sp³-hybridized carbons (Fsp3) is 0.385. The number of nitrogens with one attached hydrogen (secondary N) is 2. The average molecular weight is 393 g/mol. The van der Waals surface area contributed by atoms with E-state index in [0.29, 0.717) is 22.7 Å². The molecule has 1 atom stereocenters. The molecule has 12 heteroatoms. The van der Waals surface area contributed by atoms with Gasteiger partial charge in [0.15, 0.2) is 16.7 Å². The predicted molar refractivity (Wildman–Crippen MR) is 87.2 cm³/mol. The van der Waals surface area contributed by atoms with Crippen LogP contribution in [-0.2, 0) is 18.1 Å². The lowest BCUT2D eigenvalue weighted by molar-refractivity contribution is -0.137. The number of nitrogens with zero attached hydrogens (tertiary/aromatic N) is 4. The number of rotatable bonds is 4. The van der Waals surface area contributed by atoms with Crippen LogP contribution in [0.3, 0.4) is 0 Å². The molecule has 3 rings (SSSR count). The third kappa shape index (κ3) is 3.76. The van der Waals surface area contributed by atoms with E-state index in [4.69, 9.17) is 28.7 Å². The topological polar surface area (TPSA) is 80.1 Å². The molecule has 0 radical (unpaired) electrons. The number of halogens is 4. The van der Waals surface area contributed by atoms with Gasteiger partial charge in [-0.1, -0.05) is 16.8 Å². The van der Waals surface area contributed by atoms with Crippen LogP contribution >= 0.6 is 23.8 Å². The minimum Gasteiger partial charge on any atom is -0.390 e. The van der Waals surface area contributed by atoms with E-state index in [-0.39, 0.29) is 23.5 Å². The zero-order valence-electron chi connectivity index (χ0n) is 12.8. The molecule has 0 aromatic carbocycles. The minimum absolute atomic E-state index is 0.122. The molecule has 2 aromatic heterocycles. The van der Waals surface area contributed by atoms with Gasteiger partial charge in [-0.2, -0.15) is 18.3 Å². The zero-order valence-corrected chi connectivity index (χ0v) is 14.3. The summed E-state index contributed by atoms with van der Waals surface area (Å²) in [6, 6.07) is 0.823. The second-order valence-corrected chi connectivity index (χ2v) is 6.11. The Morgan fingerprint density at radius 3 is 2.88 bits per heavy atom. The first-order valence-electron chi connectivity index (χ1n) is 7.07. The van der Waals surface area contributed by atoms with E-state index >= 15 is 0 Å². The van der Waals surface area contributed by atoms with E-state index in [1.165, 1.54) is 0 Å². The summed E-state index contributed by atoms with van der Waals surface area (Å²) >= 11 is 10.9. The van der Waals surface area contributed by atoms with Gasteiger partial charge in [-0.15, -0.1) is 0 Å². The lowest BCUT2D eigenvalue weighted by atomic mass is 10.1. The van der Waals surface area contributed by atoms with E-state index in [0.717, 1.165) is 12.3 Å². The molecule has 1 unspecified atom stereocenters. The number of anilines is 1. The Labute approximate surface area is 149 Å². The van der Waals surface area contributed by atoms with Crippen LogP contribution in [0.1, 0.15) is 17.8 Å². The highest BCUT2D eigenvalue weighted by Gasteiger charge is 2.32. The molecule has 0 saturated carbocycles. The van der Waals surface area contributed by atoms with Gasteiger partial charge in [0.05, 0.1) is 17.1 Å². The first kappa shape index (κ1) is 17.7. The number of oxime groups is 1. The van der Waals surface area contributed by atoms with Crippen molar-refractivity contribution in [3.63, 3.8) is 0 Å². The molecule has 0 bridgehead atoms. The smallest absolute Gasteiger partial charge is 0.390 e. The van der Waals surface area contributed by atoms with Crippen molar-refractivity contribution >= 4 is 35.3 Å². The summed E-state index contributed by atoms with van der Waals surface area (Å²) < 4.78 is 39.9. The third-order valence-electron chi connectivity index (χ3n) is 3.54. The molecule has 7 nitrogen and oxygen atoms in total. The second kappa shape index (κ2) is 6.64. The molecule has 2 N–H and O–H groups in total. The van der Waals surface area contributed by atoms with Crippen LogP contribution < -0.4 is 5.32 Å². The van der Waals surface area contributed by atoms with Crippen LogP contribution in [0.4, 0.5) is 19.0 Å². The van der Waals surface area contributed by atoms with Crippen LogP contribution in [-0.4, -0.2) is 38.1 Å². The molecule has 1 aliphatic rings. The molecular formula is C13H12ClF3N6OS. The molecule has 3 heterocycles. The number of aromatic nitrogens is 4. The van der Waals surface area contributed by atoms with Crippen molar-refractivity contribution in [1.82, 2.24) is 19.7 Å². The summed E-state index contributed by atoms with van der Waals surface area (Å²) in [7, 11) is 1.75. The van der Waals surface area contributed by atoms with Crippen molar-refractivity contribution in [3.05, 3.63) is 33.4 Å². The maximum Gasteiger partial charge on any atom is 0.417 e. The van der Waals surface area contributed by atoms with Gasteiger partial charge in [-0.3, -0.25) is 5.10 Å². The van der Waals surface area contributed by atoms with Gasteiger partial charge in [-0.25, -0.2) is 4.98 Å². The molecule has 0 amide bonds. The Bertz CT molecular complexity index is 877. The summed E-state index contributed by atoms with van der Waals surface area (Å²) in [6.45, 7) is 0.264. The van der Waals surface area contributed by atoms with Gasteiger partial charge in [0, 0.05) is 19.7 Å². The SMILES string of the molecule is Cn1c(C2=NOC(CNc3ncc(C(F)(F)F)cc3Cl)C2)n[nH]c1=S. The number of alkyl halides is 3. The first-order valence-corrected chi connectivity index (χ1v) is 7.85. The van der Waals surface area contributed by atoms with Gasteiger partial charge in [0.2, 0.25) is 0 Å². The Morgan fingerprint density at radius 2 is 2.28 bits per heavy atom. The summed E-state index contributed by atoms with van der Waals surface area (Å²) in [4.78, 5) is 9.01. The standard InChI is InChI=1S/C13H12ClF3N6OS/c1-23-11(20-21-12(23)25)9-3-7(24-22-9)5-19-10-8(14)2-6(4-18-10)13(15,16)17/h2,4,7H,3,5H2,1H3,(H,18,19)(H,21,25). The first-order chi connectivity index (χ1) is 11.8. The van der Waals surface area contributed by atoms with Crippen molar-refractivity contribution in [2.24, 2.45) is 12.2 Å². The fourth-order valence-corrected chi connectivity index (χ4v) is 2.57. The molecule has 0 spiro atoms. The summed E-state index contributed by atoms with van der Waals surface area (Å²) in [5.41, 5.74) is -0.287. The largest absolute Gasteiger partial charge is 0.417 e. The molecule has 0 fully saturated rings. The van der Waals surface area contributed by atoms with E-state index in [1.54, 1.807) is 11.6 Å². The van der Waals surface area contributed by atoms with Gasteiger partial charge in [-0.05, 0) is 18.3 Å². The van der Waals surface area contributed by atoms with Crippen LogP contribution in [0.2, 0.25) is 5.02 Å². The minimum atomic E-state index is -4.49. The van der Waals surface area contributed by atoms with Crippen molar-refractivity contribution in [1.29, 1.82) is 0 Å². The van der Waals surface area contributed by atoms with Gasteiger partial charge in [0.25, 0.3) is 0 Å². The maximum absolute atomic E-state index is 12.6. The summed E-state index contributed by atoms with van der Waals surface area (Å²) in [5.74, 6) is 0.711. The van der Waals surface area contributed by atoms with Crippen LogP contribution in [0.15, 0.2) is 17.4 Å². The second-order valence-electron chi connectivity index (χ2n) is 5.31. The highest BCUT2D eigenvalue weighted by atomic mass is 35.5. The van der Waals surface area contributed by atoms with Crippen molar-refractivity contribution in [2.45, 2.75) is 18.7 Å². The Morgan fingerprint density at radius 1 is 1.52 bits per heavy atom. The van der Waals surface area contributed by atoms with E-state index in [1.807, 2.05) is 0 Å². The van der Waals surface area contributed by atoms with Crippen molar-refractivity contribution in [3.8, 4) is 0 Å². The van der Waals surface area contributed by atoms with E-state index in [2.05, 4.69) is 25.7 Å². The van der Waals surface area contributed by atoms with Crippen LogP contribution in [0, 0.1) is 4.77 Å². The third-order valence-corrected chi connectivity index (χ3v) is 4.19. The van der Waals surface area contributed by atoms with Gasteiger partial charge in [0.1, 0.15) is 11.5 Å². The van der Waals surface area contributed by atoms with Crippen molar-refractivity contribution in [2.75, 3.05) is 11.9 Å². The number of H-pyrrole nitrogens is 1. The molecule has 2 aromatic rings. The highest BCUT2D eigenvalue weighted by Crippen LogP contribution is 2.32. The average Bonchev–Trinajstić information content (AvgIpc) is 3.13. The lowest BCUT2D eigenvalue weighted by Crippen LogP contribution is -2.21. The molecule has 134 valence electrons. The molecule has 1 aliphatic heterocycles. The summed E-state index contributed by atoms with van der Waals surface area (Å²) in [6.07, 6.45) is -3.64. The number of hydrogen-bond donors (Lipinski definition) is 2. The van der Waals surface area contributed by atoms with Crippen molar-refractivity contribution < 1.29 is 18.0 Å². The quantitative estimate of drug-likeness (QED) is 0.781. The normalized spacial score (nSPS) is 17.3. The summed E-state index contributed by atoms with van der Waals surface area (Å²) in [5, 5.41) is 13.4. The van der Waals surface area contributed by atoms with E-state index in [9.17, 15) is 13.2 Å². The zero-order chi connectivity index (χ0) is 18.2. The fourth-order valence-electron chi connectivity index (χ4n) is 2.21. The Kier molecular flexibility index (Phi) is 4.69. The molecule has 25 heavy (non-hydrogen) atoms. The van der Waals surface area contributed by atoms with Crippen LogP contribution in [0.25, 0.3) is 0 Å².